The van der Waals surface area contributed by atoms with Crippen molar-refractivity contribution in [2.24, 2.45) is 0 Å². The Bertz CT molecular complexity index is 990. The molecule has 8 heteroatoms. The van der Waals surface area contributed by atoms with E-state index < -0.39 is 5.25 Å². The zero-order valence-corrected chi connectivity index (χ0v) is 18.2. The van der Waals surface area contributed by atoms with E-state index in [0.29, 0.717) is 31.1 Å². The fourth-order valence-corrected chi connectivity index (χ4v) is 5.01. The minimum Gasteiger partial charge on any atom is -0.497 e. The molecule has 2 aliphatic heterocycles. The smallest absolute Gasteiger partial charge is 0.250 e. The van der Waals surface area contributed by atoms with Crippen molar-refractivity contribution in [3.05, 3.63) is 54.1 Å². The highest BCUT2D eigenvalue weighted by Crippen LogP contribution is 2.39. The second-order valence-electron chi connectivity index (χ2n) is 7.55. The summed E-state index contributed by atoms with van der Waals surface area (Å²) in [6, 6.07) is 14.8. The number of methoxy groups -OCH3 is 1. The molecule has 0 radical (unpaired) electrons. The van der Waals surface area contributed by atoms with E-state index in [0.717, 1.165) is 23.3 Å². The first-order valence-electron chi connectivity index (χ1n) is 10.3. The van der Waals surface area contributed by atoms with Crippen molar-refractivity contribution < 1.29 is 19.1 Å². The molecule has 3 amide bonds. The number of nitrogens with zero attached hydrogens (tertiary/aromatic N) is 2. The van der Waals surface area contributed by atoms with E-state index in [-0.39, 0.29) is 24.3 Å². The number of hydrogen-bond acceptors (Lipinski definition) is 5. The summed E-state index contributed by atoms with van der Waals surface area (Å²) in [6.07, 6.45) is 1.93. The van der Waals surface area contributed by atoms with Crippen LogP contribution in [0.15, 0.2) is 53.4 Å². The molecule has 2 aromatic rings. The molecule has 4 rings (SSSR count). The molecule has 1 fully saturated rings. The summed E-state index contributed by atoms with van der Waals surface area (Å²) in [5.74, 6) is -0.0710. The van der Waals surface area contributed by atoms with E-state index in [2.05, 4.69) is 5.32 Å². The fraction of sp³-hybridized carbons (Fsp3) is 0.348. The van der Waals surface area contributed by atoms with Crippen LogP contribution in [0.4, 0.5) is 5.69 Å². The number of ether oxygens (including phenoxy) is 1. The molecular formula is C23H25N3O4S. The predicted molar refractivity (Wildman–Crippen MR) is 119 cm³/mol. The normalized spacial score (nSPS) is 18.0. The lowest BCUT2D eigenvalue weighted by molar-refractivity contribution is -0.134. The molecule has 0 bridgehead atoms. The average Bonchev–Trinajstić information content (AvgIpc) is 3.34. The molecule has 1 N–H and O–H groups in total. The van der Waals surface area contributed by atoms with E-state index in [1.54, 1.807) is 12.0 Å². The maximum Gasteiger partial charge on any atom is 0.250 e. The number of benzene rings is 2. The summed E-state index contributed by atoms with van der Waals surface area (Å²) in [5, 5.41) is 2.01. The Morgan fingerprint density at radius 2 is 1.90 bits per heavy atom. The molecule has 1 atom stereocenters. The quantitative estimate of drug-likeness (QED) is 0.700. The Morgan fingerprint density at radius 1 is 1.13 bits per heavy atom. The fourth-order valence-electron chi connectivity index (χ4n) is 3.82. The van der Waals surface area contributed by atoms with Gasteiger partial charge in [-0.15, -0.1) is 11.8 Å². The number of carbonyl (C=O) groups excluding carboxylic acids is 3. The van der Waals surface area contributed by atoms with Crippen LogP contribution in [-0.4, -0.2) is 54.6 Å². The van der Waals surface area contributed by atoms with E-state index in [4.69, 9.17) is 4.74 Å². The Kier molecular flexibility index (Phi) is 6.46. The van der Waals surface area contributed by atoms with Gasteiger partial charge in [-0.3, -0.25) is 14.4 Å². The average molecular weight is 440 g/mol. The van der Waals surface area contributed by atoms with Crippen LogP contribution in [0.5, 0.6) is 5.75 Å². The predicted octanol–water partition coefficient (Wildman–Crippen LogP) is 2.44. The first-order chi connectivity index (χ1) is 15.1. The molecule has 2 aromatic carbocycles. The van der Waals surface area contributed by atoms with Gasteiger partial charge in [0.1, 0.15) is 12.3 Å². The van der Waals surface area contributed by atoms with Crippen molar-refractivity contribution in [2.75, 3.05) is 31.6 Å². The number of para-hydroxylation sites is 1. The molecule has 0 saturated carbocycles. The highest BCUT2D eigenvalue weighted by atomic mass is 32.2. The Labute approximate surface area is 185 Å². The molecule has 0 aliphatic carbocycles. The van der Waals surface area contributed by atoms with Crippen molar-refractivity contribution in [2.45, 2.75) is 29.5 Å². The summed E-state index contributed by atoms with van der Waals surface area (Å²) in [6.45, 7) is 1.56. The second kappa shape index (κ2) is 9.43. The summed E-state index contributed by atoms with van der Waals surface area (Å²) in [7, 11) is 1.59. The SMILES string of the molecule is COc1cccc(CNC(=O)CN2C(=O)C(C(=O)N3CCCC3)Sc3ccccc32)c1. The molecule has 31 heavy (non-hydrogen) atoms. The topological polar surface area (TPSA) is 79.0 Å². The van der Waals surface area contributed by atoms with Crippen molar-refractivity contribution in [1.82, 2.24) is 10.2 Å². The van der Waals surface area contributed by atoms with Gasteiger partial charge in [0.05, 0.1) is 12.8 Å². The summed E-state index contributed by atoms with van der Waals surface area (Å²) in [4.78, 5) is 42.9. The van der Waals surface area contributed by atoms with Crippen LogP contribution in [0, 0.1) is 0 Å². The van der Waals surface area contributed by atoms with Gasteiger partial charge in [-0.25, -0.2) is 0 Å². The third-order valence-electron chi connectivity index (χ3n) is 5.46. The van der Waals surface area contributed by atoms with Crippen LogP contribution >= 0.6 is 11.8 Å². The highest BCUT2D eigenvalue weighted by Gasteiger charge is 2.41. The van der Waals surface area contributed by atoms with Crippen LogP contribution in [0.1, 0.15) is 18.4 Å². The van der Waals surface area contributed by atoms with E-state index >= 15 is 0 Å². The Morgan fingerprint density at radius 3 is 2.68 bits per heavy atom. The number of amides is 3. The van der Waals surface area contributed by atoms with Crippen LogP contribution < -0.4 is 15.0 Å². The van der Waals surface area contributed by atoms with Crippen molar-refractivity contribution >= 4 is 35.2 Å². The molecule has 1 unspecified atom stereocenters. The first-order valence-corrected chi connectivity index (χ1v) is 11.2. The first kappa shape index (κ1) is 21.2. The molecule has 2 heterocycles. The van der Waals surface area contributed by atoms with Gasteiger partial charge in [0.2, 0.25) is 11.8 Å². The second-order valence-corrected chi connectivity index (χ2v) is 8.70. The van der Waals surface area contributed by atoms with Crippen molar-refractivity contribution in [3.8, 4) is 5.75 Å². The number of thioether (sulfide) groups is 1. The van der Waals surface area contributed by atoms with Gasteiger partial charge in [-0.1, -0.05) is 24.3 Å². The third kappa shape index (κ3) is 4.69. The number of carbonyl (C=O) groups is 3. The van der Waals surface area contributed by atoms with Gasteiger partial charge >= 0.3 is 0 Å². The lowest BCUT2D eigenvalue weighted by Gasteiger charge is -2.34. The van der Waals surface area contributed by atoms with Crippen LogP contribution in [0.2, 0.25) is 0 Å². The number of likely N-dealkylation sites (tertiary alicyclic amines) is 1. The molecule has 0 aromatic heterocycles. The van der Waals surface area contributed by atoms with Gasteiger partial charge in [0, 0.05) is 24.5 Å². The molecule has 2 aliphatic rings. The van der Waals surface area contributed by atoms with Crippen molar-refractivity contribution in [1.29, 1.82) is 0 Å². The Balaban J connectivity index is 1.48. The molecular weight excluding hydrogens is 414 g/mol. The molecule has 0 spiro atoms. The summed E-state index contributed by atoms with van der Waals surface area (Å²) < 4.78 is 5.21. The van der Waals surface area contributed by atoms with Gasteiger partial charge < -0.3 is 19.9 Å². The molecule has 1 saturated heterocycles. The lowest BCUT2D eigenvalue weighted by atomic mass is 10.2. The number of nitrogens with one attached hydrogen (secondary N) is 1. The number of rotatable bonds is 6. The van der Waals surface area contributed by atoms with E-state index in [1.807, 2.05) is 48.5 Å². The number of fused-ring (bicyclic) bond motifs is 1. The zero-order valence-electron chi connectivity index (χ0n) is 17.4. The largest absolute Gasteiger partial charge is 0.497 e. The van der Waals surface area contributed by atoms with Gasteiger partial charge in [-0.05, 0) is 42.7 Å². The van der Waals surface area contributed by atoms with Crippen LogP contribution in [0.25, 0.3) is 0 Å². The van der Waals surface area contributed by atoms with Crippen molar-refractivity contribution in [3.63, 3.8) is 0 Å². The number of hydrogen-bond donors (Lipinski definition) is 1. The maximum atomic E-state index is 13.2. The lowest BCUT2D eigenvalue weighted by Crippen LogP contribution is -2.51. The van der Waals surface area contributed by atoms with Gasteiger partial charge in [0.15, 0.2) is 5.25 Å². The van der Waals surface area contributed by atoms with Gasteiger partial charge in [-0.2, -0.15) is 0 Å². The minimum absolute atomic E-state index is 0.135. The van der Waals surface area contributed by atoms with Crippen LogP contribution in [0.3, 0.4) is 0 Å². The standard InChI is InChI=1S/C23H25N3O4S/c1-30-17-8-6-7-16(13-17)14-24-20(27)15-26-18-9-2-3-10-19(18)31-21(23(26)29)22(28)25-11-4-5-12-25/h2-3,6-10,13,21H,4-5,11-12,14-15H2,1H3,(H,24,27). The monoisotopic (exact) mass is 439 g/mol. The molecule has 162 valence electrons. The zero-order chi connectivity index (χ0) is 21.8. The third-order valence-corrected chi connectivity index (χ3v) is 6.70. The van der Waals surface area contributed by atoms with E-state index in [1.165, 1.54) is 16.7 Å². The Hall–Kier alpha value is -3.00. The van der Waals surface area contributed by atoms with Crippen LogP contribution in [-0.2, 0) is 20.9 Å². The van der Waals surface area contributed by atoms with E-state index in [9.17, 15) is 14.4 Å². The summed E-state index contributed by atoms with van der Waals surface area (Å²) in [5.41, 5.74) is 1.57. The minimum atomic E-state index is -0.848. The van der Waals surface area contributed by atoms with Gasteiger partial charge in [0.25, 0.3) is 5.91 Å². The summed E-state index contributed by atoms with van der Waals surface area (Å²) >= 11 is 1.28. The maximum absolute atomic E-state index is 13.2. The highest BCUT2D eigenvalue weighted by molar-refractivity contribution is 8.01. The number of anilines is 1. The molecule has 7 nitrogen and oxygen atoms in total.